The second-order valence-electron chi connectivity index (χ2n) is 3.62. The van der Waals surface area contributed by atoms with Gasteiger partial charge in [0.2, 0.25) is 17.8 Å². The van der Waals surface area contributed by atoms with E-state index in [9.17, 15) is 9.59 Å². The first-order chi connectivity index (χ1) is 7.68. The fraction of sp³-hybridized carbons (Fsp3) is 0.400. The number of amides is 2. The van der Waals surface area contributed by atoms with Crippen molar-refractivity contribution < 1.29 is 9.59 Å². The highest BCUT2D eigenvalue weighted by Crippen LogP contribution is 2.17. The Balaban J connectivity index is 2.02. The average Bonchev–Trinajstić information content (AvgIpc) is 2.61. The van der Waals surface area contributed by atoms with Gasteiger partial charge < -0.3 is 4.90 Å². The predicted molar refractivity (Wildman–Crippen MR) is 56.5 cm³/mol. The molecule has 1 saturated heterocycles. The summed E-state index contributed by atoms with van der Waals surface area (Å²) in [6.07, 6.45) is 4.07. The van der Waals surface area contributed by atoms with Crippen LogP contribution in [0.4, 0.5) is 5.95 Å². The van der Waals surface area contributed by atoms with Crippen LogP contribution in [0, 0.1) is 0 Å². The molecule has 1 aliphatic rings. The van der Waals surface area contributed by atoms with E-state index in [1.807, 2.05) is 0 Å². The number of anilines is 1. The first-order valence-corrected chi connectivity index (χ1v) is 5.02. The number of likely N-dealkylation sites (tertiary alicyclic amines) is 1. The van der Waals surface area contributed by atoms with Crippen LogP contribution >= 0.6 is 0 Å². The maximum Gasteiger partial charge on any atom is 0.249 e. The molecule has 0 aliphatic carbocycles. The Morgan fingerprint density at radius 1 is 1.50 bits per heavy atom. The third kappa shape index (κ3) is 2.00. The third-order valence-corrected chi connectivity index (χ3v) is 2.60. The molecule has 1 aromatic rings. The smallest absolute Gasteiger partial charge is 0.249 e. The van der Waals surface area contributed by atoms with Gasteiger partial charge in [0, 0.05) is 25.9 Å². The molecule has 1 atom stereocenters. The van der Waals surface area contributed by atoms with Crippen molar-refractivity contribution in [2.75, 3.05) is 12.4 Å². The van der Waals surface area contributed by atoms with Gasteiger partial charge in [0.25, 0.3) is 0 Å². The van der Waals surface area contributed by atoms with Crippen LogP contribution in [0.5, 0.6) is 0 Å². The van der Waals surface area contributed by atoms with E-state index in [0.717, 1.165) is 0 Å². The summed E-state index contributed by atoms with van der Waals surface area (Å²) in [5.74, 6) is 0.0222. The molecule has 6 heteroatoms. The van der Waals surface area contributed by atoms with Gasteiger partial charge in [-0.25, -0.2) is 9.97 Å². The van der Waals surface area contributed by atoms with Crippen LogP contribution in [0.2, 0.25) is 0 Å². The lowest BCUT2D eigenvalue weighted by atomic mass is 10.2. The third-order valence-electron chi connectivity index (χ3n) is 2.60. The number of hydrogen-bond donors (Lipinski definition) is 1. The maximum atomic E-state index is 11.8. The van der Waals surface area contributed by atoms with Crippen molar-refractivity contribution in [2.24, 2.45) is 0 Å². The summed E-state index contributed by atoms with van der Waals surface area (Å²) in [4.78, 5) is 32.3. The van der Waals surface area contributed by atoms with Gasteiger partial charge >= 0.3 is 0 Å². The summed E-state index contributed by atoms with van der Waals surface area (Å²) in [5, 5.41) is 2.58. The van der Waals surface area contributed by atoms with Crippen LogP contribution in [0.15, 0.2) is 18.5 Å². The number of nitrogens with one attached hydrogen (secondary N) is 1. The van der Waals surface area contributed by atoms with E-state index in [-0.39, 0.29) is 17.8 Å². The molecule has 0 aromatic carbocycles. The SMILES string of the molecule is CN1C(=O)CCC1C(=O)Nc1ncccn1. The minimum absolute atomic E-state index is 0.00544. The van der Waals surface area contributed by atoms with Gasteiger partial charge in [-0.1, -0.05) is 0 Å². The molecule has 84 valence electrons. The van der Waals surface area contributed by atoms with Gasteiger partial charge in [0.15, 0.2) is 0 Å². The number of hydrogen-bond acceptors (Lipinski definition) is 4. The number of likely N-dealkylation sites (N-methyl/N-ethyl adjacent to an activating group) is 1. The molecule has 0 saturated carbocycles. The molecule has 1 aliphatic heterocycles. The number of carbonyl (C=O) groups excluding carboxylic acids is 2. The maximum absolute atomic E-state index is 11.8. The van der Waals surface area contributed by atoms with Crippen LogP contribution in [-0.4, -0.2) is 39.8 Å². The lowest BCUT2D eigenvalue weighted by Gasteiger charge is -2.18. The summed E-state index contributed by atoms with van der Waals surface area (Å²) in [5.41, 5.74) is 0. The van der Waals surface area contributed by atoms with Gasteiger partial charge in [-0.15, -0.1) is 0 Å². The van der Waals surface area contributed by atoms with Crippen LogP contribution < -0.4 is 5.32 Å². The molecule has 2 heterocycles. The second kappa shape index (κ2) is 4.26. The Labute approximate surface area is 92.7 Å². The van der Waals surface area contributed by atoms with Crippen LogP contribution in [0.1, 0.15) is 12.8 Å². The second-order valence-corrected chi connectivity index (χ2v) is 3.62. The molecule has 1 N–H and O–H groups in total. The monoisotopic (exact) mass is 220 g/mol. The van der Waals surface area contributed by atoms with Gasteiger partial charge in [-0.3, -0.25) is 14.9 Å². The summed E-state index contributed by atoms with van der Waals surface area (Å²) in [6, 6.07) is 1.26. The Morgan fingerprint density at radius 3 is 2.75 bits per heavy atom. The fourth-order valence-electron chi connectivity index (χ4n) is 1.67. The van der Waals surface area contributed by atoms with Gasteiger partial charge in [0.1, 0.15) is 6.04 Å². The van der Waals surface area contributed by atoms with Crippen molar-refractivity contribution in [3.05, 3.63) is 18.5 Å². The average molecular weight is 220 g/mol. The van der Waals surface area contributed by atoms with Crippen molar-refractivity contribution in [1.29, 1.82) is 0 Å². The minimum atomic E-state index is -0.406. The van der Waals surface area contributed by atoms with E-state index in [1.165, 1.54) is 4.90 Å². The summed E-state index contributed by atoms with van der Waals surface area (Å²) < 4.78 is 0. The van der Waals surface area contributed by atoms with Crippen molar-refractivity contribution in [2.45, 2.75) is 18.9 Å². The Hall–Kier alpha value is -1.98. The van der Waals surface area contributed by atoms with E-state index >= 15 is 0 Å². The van der Waals surface area contributed by atoms with Crippen LogP contribution in [0.3, 0.4) is 0 Å². The van der Waals surface area contributed by atoms with E-state index in [4.69, 9.17) is 0 Å². The Morgan fingerprint density at radius 2 is 2.19 bits per heavy atom. The number of rotatable bonds is 2. The highest BCUT2D eigenvalue weighted by atomic mass is 16.2. The molecule has 0 spiro atoms. The van der Waals surface area contributed by atoms with Gasteiger partial charge in [0.05, 0.1) is 0 Å². The Bertz CT molecular complexity index is 407. The molecular formula is C10H12N4O2. The molecule has 2 rings (SSSR count). The standard InChI is InChI=1S/C10H12N4O2/c1-14-7(3-4-8(14)15)9(16)13-10-11-5-2-6-12-10/h2,5-7H,3-4H2,1H3,(H,11,12,13,16). The number of carbonyl (C=O) groups is 2. The Kier molecular flexibility index (Phi) is 2.80. The molecule has 6 nitrogen and oxygen atoms in total. The molecule has 1 aromatic heterocycles. The quantitative estimate of drug-likeness (QED) is 0.763. The highest BCUT2D eigenvalue weighted by Gasteiger charge is 2.33. The molecule has 0 radical (unpaired) electrons. The number of aromatic nitrogens is 2. The van der Waals surface area contributed by atoms with E-state index < -0.39 is 6.04 Å². The lowest BCUT2D eigenvalue weighted by molar-refractivity contribution is -0.131. The molecule has 2 amide bonds. The molecule has 0 bridgehead atoms. The van der Waals surface area contributed by atoms with Crippen molar-refractivity contribution in [3.8, 4) is 0 Å². The van der Waals surface area contributed by atoms with Gasteiger partial charge in [-0.05, 0) is 12.5 Å². The summed E-state index contributed by atoms with van der Waals surface area (Å²) in [7, 11) is 1.63. The van der Waals surface area contributed by atoms with Crippen molar-refractivity contribution >= 4 is 17.8 Å². The first kappa shape index (κ1) is 10.5. The zero-order valence-corrected chi connectivity index (χ0v) is 8.88. The summed E-state index contributed by atoms with van der Waals surface area (Å²) in [6.45, 7) is 0. The minimum Gasteiger partial charge on any atom is -0.334 e. The zero-order valence-electron chi connectivity index (χ0n) is 8.88. The largest absolute Gasteiger partial charge is 0.334 e. The van der Waals surface area contributed by atoms with E-state index in [1.54, 1.807) is 25.5 Å². The topological polar surface area (TPSA) is 75.2 Å². The number of nitrogens with zero attached hydrogens (tertiary/aromatic N) is 3. The molecule has 1 fully saturated rings. The normalized spacial score (nSPS) is 19.9. The van der Waals surface area contributed by atoms with E-state index in [2.05, 4.69) is 15.3 Å². The van der Waals surface area contributed by atoms with Gasteiger partial charge in [-0.2, -0.15) is 0 Å². The fourth-order valence-corrected chi connectivity index (χ4v) is 1.67. The van der Waals surface area contributed by atoms with Crippen molar-refractivity contribution in [3.63, 3.8) is 0 Å². The molecule has 1 unspecified atom stereocenters. The molecular weight excluding hydrogens is 208 g/mol. The van der Waals surface area contributed by atoms with E-state index in [0.29, 0.717) is 12.8 Å². The molecule has 16 heavy (non-hydrogen) atoms. The lowest BCUT2D eigenvalue weighted by Crippen LogP contribution is -2.39. The highest BCUT2D eigenvalue weighted by molar-refractivity contribution is 5.97. The van der Waals surface area contributed by atoms with Crippen molar-refractivity contribution in [1.82, 2.24) is 14.9 Å². The predicted octanol–water partition coefficient (Wildman–Crippen LogP) is 0.0359. The van der Waals surface area contributed by atoms with Crippen LogP contribution in [0.25, 0.3) is 0 Å². The first-order valence-electron chi connectivity index (χ1n) is 5.02. The zero-order chi connectivity index (χ0) is 11.5. The summed E-state index contributed by atoms with van der Waals surface area (Å²) >= 11 is 0. The van der Waals surface area contributed by atoms with Crippen LogP contribution in [-0.2, 0) is 9.59 Å².